The third kappa shape index (κ3) is 2.05. The lowest BCUT2D eigenvalue weighted by molar-refractivity contribution is -0.172. The zero-order chi connectivity index (χ0) is 9.12. The van der Waals surface area contributed by atoms with Crippen LogP contribution in [-0.4, -0.2) is 24.9 Å². The molecule has 1 N–H and O–H groups in total. The van der Waals surface area contributed by atoms with Gasteiger partial charge in [0.2, 0.25) is 0 Å². The van der Waals surface area contributed by atoms with Crippen LogP contribution in [0.5, 0.6) is 0 Å². The third-order valence-corrected chi connectivity index (χ3v) is 1.23. The van der Waals surface area contributed by atoms with Gasteiger partial charge in [-0.3, -0.25) is 0 Å². The fourth-order valence-corrected chi connectivity index (χ4v) is 0.635. The van der Waals surface area contributed by atoms with Gasteiger partial charge in [0.15, 0.2) is 0 Å². The van der Waals surface area contributed by atoms with Crippen molar-refractivity contribution in [1.29, 1.82) is 0 Å². The molecule has 0 atom stereocenters. The summed E-state index contributed by atoms with van der Waals surface area (Å²) in [4.78, 5) is 0. The molecule has 1 heterocycles. The minimum absolute atomic E-state index is 0.917. The van der Waals surface area contributed by atoms with Gasteiger partial charge in [0.05, 0.1) is 13.1 Å². The molecule has 68 valence electrons. The number of rotatable bonds is 0. The second-order valence-corrected chi connectivity index (χ2v) is 2.01. The highest BCUT2D eigenvalue weighted by atomic mass is 19.3. The van der Waals surface area contributed by atoms with Crippen LogP contribution in [0.2, 0.25) is 0 Å². The van der Waals surface area contributed by atoms with Crippen molar-refractivity contribution in [3.63, 3.8) is 0 Å². The molecular weight excluding hydrogens is 162 g/mol. The molecule has 1 aliphatic rings. The quantitative estimate of drug-likeness (QED) is 0.551. The zero-order valence-electron chi connectivity index (χ0n) is 6.43. The molecule has 1 nitrogen and oxygen atoms in total. The molecule has 0 aromatic rings. The largest absolute Gasteiger partial charge is 0.323 e. The molecule has 0 radical (unpaired) electrons. The number of alkyl halides is 4. The Hall–Kier alpha value is -0.320. The molecular formula is C6H11F4N. The minimum atomic E-state index is -3.85. The molecule has 5 heteroatoms. The molecule has 0 amide bonds. The first kappa shape index (κ1) is 10.7. The summed E-state index contributed by atoms with van der Waals surface area (Å²) in [5, 5.41) is 1.90. The summed E-state index contributed by atoms with van der Waals surface area (Å²) in [6, 6.07) is 0. The lowest BCUT2D eigenvalue weighted by atomic mass is 10.2. The van der Waals surface area contributed by atoms with E-state index in [-0.39, 0.29) is 0 Å². The summed E-state index contributed by atoms with van der Waals surface area (Å²) in [5.74, 6) is -7.71. The average molecular weight is 173 g/mol. The minimum Gasteiger partial charge on any atom is -0.305 e. The lowest BCUT2D eigenvalue weighted by Gasteiger charge is -2.15. The SMILES string of the molecule is CC.FC1(F)CNCC1(F)F. The fraction of sp³-hybridized carbons (Fsp3) is 1.00. The number of nitrogens with one attached hydrogen (secondary N) is 1. The van der Waals surface area contributed by atoms with Crippen LogP contribution in [0.3, 0.4) is 0 Å². The Labute approximate surface area is 62.8 Å². The van der Waals surface area contributed by atoms with Gasteiger partial charge in [-0.2, -0.15) is 17.6 Å². The van der Waals surface area contributed by atoms with E-state index < -0.39 is 24.9 Å². The van der Waals surface area contributed by atoms with Crippen LogP contribution in [-0.2, 0) is 0 Å². The van der Waals surface area contributed by atoms with Crippen LogP contribution in [0.15, 0.2) is 0 Å². The predicted octanol–water partition coefficient (Wildman–Crippen LogP) is 1.89. The van der Waals surface area contributed by atoms with Crippen LogP contribution in [0.1, 0.15) is 13.8 Å². The first-order chi connectivity index (χ1) is 4.96. The summed E-state index contributed by atoms with van der Waals surface area (Å²) >= 11 is 0. The van der Waals surface area contributed by atoms with Crippen LogP contribution >= 0.6 is 0 Å². The Morgan fingerprint density at radius 2 is 1.18 bits per heavy atom. The van der Waals surface area contributed by atoms with E-state index in [1.54, 1.807) is 0 Å². The van der Waals surface area contributed by atoms with Crippen molar-refractivity contribution in [2.24, 2.45) is 0 Å². The first-order valence-electron chi connectivity index (χ1n) is 3.42. The van der Waals surface area contributed by atoms with Crippen molar-refractivity contribution >= 4 is 0 Å². The van der Waals surface area contributed by atoms with Gasteiger partial charge >= 0.3 is 11.8 Å². The van der Waals surface area contributed by atoms with Gasteiger partial charge in [-0.15, -0.1) is 0 Å². The second kappa shape index (κ2) is 3.38. The van der Waals surface area contributed by atoms with Crippen molar-refractivity contribution in [1.82, 2.24) is 5.32 Å². The molecule has 0 spiro atoms. The Bertz CT molecular complexity index is 110. The van der Waals surface area contributed by atoms with Crippen molar-refractivity contribution in [3.05, 3.63) is 0 Å². The molecule has 0 aromatic carbocycles. The highest BCUT2D eigenvalue weighted by molar-refractivity contribution is 4.94. The molecule has 0 saturated carbocycles. The Balaban J connectivity index is 0.000000461. The second-order valence-electron chi connectivity index (χ2n) is 2.01. The van der Waals surface area contributed by atoms with Crippen LogP contribution in [0, 0.1) is 0 Å². The van der Waals surface area contributed by atoms with Crippen molar-refractivity contribution in [3.8, 4) is 0 Å². The monoisotopic (exact) mass is 173 g/mol. The van der Waals surface area contributed by atoms with Crippen molar-refractivity contribution in [2.45, 2.75) is 25.7 Å². The molecule has 11 heavy (non-hydrogen) atoms. The van der Waals surface area contributed by atoms with Crippen molar-refractivity contribution in [2.75, 3.05) is 13.1 Å². The highest BCUT2D eigenvalue weighted by Gasteiger charge is 2.59. The van der Waals surface area contributed by atoms with Crippen LogP contribution < -0.4 is 5.32 Å². The normalized spacial score (nSPS) is 25.6. The van der Waals surface area contributed by atoms with E-state index in [1.165, 1.54) is 0 Å². The van der Waals surface area contributed by atoms with Gasteiger partial charge in [-0.25, -0.2) is 0 Å². The molecule has 0 bridgehead atoms. The maximum Gasteiger partial charge on any atom is 0.323 e. The fourth-order valence-electron chi connectivity index (χ4n) is 0.635. The van der Waals surface area contributed by atoms with E-state index in [2.05, 4.69) is 0 Å². The number of halogens is 4. The smallest absolute Gasteiger partial charge is 0.305 e. The Morgan fingerprint density at radius 1 is 0.909 bits per heavy atom. The highest BCUT2D eigenvalue weighted by Crippen LogP contribution is 2.36. The van der Waals surface area contributed by atoms with Gasteiger partial charge < -0.3 is 5.32 Å². The molecule has 1 fully saturated rings. The molecule has 0 aromatic heterocycles. The number of hydrogen-bond acceptors (Lipinski definition) is 1. The van der Waals surface area contributed by atoms with E-state index >= 15 is 0 Å². The summed E-state index contributed by atoms with van der Waals surface area (Å²) in [6.45, 7) is 2.17. The lowest BCUT2D eigenvalue weighted by Crippen LogP contribution is -2.38. The van der Waals surface area contributed by atoms with Gasteiger partial charge in [0, 0.05) is 0 Å². The van der Waals surface area contributed by atoms with E-state index in [9.17, 15) is 17.6 Å². The molecule has 1 rings (SSSR count). The van der Waals surface area contributed by atoms with E-state index in [0.717, 1.165) is 0 Å². The summed E-state index contributed by atoms with van der Waals surface area (Å²) < 4.78 is 47.6. The maximum absolute atomic E-state index is 11.9. The average Bonchev–Trinajstić information content (AvgIpc) is 2.12. The van der Waals surface area contributed by atoms with Crippen LogP contribution in [0.4, 0.5) is 17.6 Å². The third-order valence-electron chi connectivity index (χ3n) is 1.23. The zero-order valence-corrected chi connectivity index (χ0v) is 6.43. The predicted molar refractivity (Wildman–Crippen MR) is 34.1 cm³/mol. The Morgan fingerprint density at radius 3 is 1.27 bits per heavy atom. The number of hydrogen-bond donors (Lipinski definition) is 1. The van der Waals surface area contributed by atoms with Gasteiger partial charge in [-0.05, 0) is 0 Å². The van der Waals surface area contributed by atoms with Crippen LogP contribution in [0.25, 0.3) is 0 Å². The maximum atomic E-state index is 11.9. The van der Waals surface area contributed by atoms with Gasteiger partial charge in [-0.1, -0.05) is 13.8 Å². The summed E-state index contributed by atoms with van der Waals surface area (Å²) in [6.07, 6.45) is 0. The topological polar surface area (TPSA) is 12.0 Å². The molecule has 1 aliphatic heterocycles. The van der Waals surface area contributed by atoms with Gasteiger partial charge in [0.1, 0.15) is 0 Å². The summed E-state index contributed by atoms with van der Waals surface area (Å²) in [7, 11) is 0. The Kier molecular flexibility index (Phi) is 3.29. The van der Waals surface area contributed by atoms with E-state index in [0.29, 0.717) is 0 Å². The van der Waals surface area contributed by atoms with E-state index in [1.807, 2.05) is 19.2 Å². The molecule has 0 unspecified atom stereocenters. The van der Waals surface area contributed by atoms with E-state index in [4.69, 9.17) is 0 Å². The standard InChI is InChI=1S/C4H5F4N.C2H6/c5-3(6)1-9-2-4(3,7)8;1-2/h9H,1-2H2;1-2H3. The molecule has 1 saturated heterocycles. The molecule has 0 aliphatic carbocycles. The first-order valence-corrected chi connectivity index (χ1v) is 3.42. The van der Waals surface area contributed by atoms with Gasteiger partial charge in [0.25, 0.3) is 0 Å². The summed E-state index contributed by atoms with van der Waals surface area (Å²) in [5.41, 5.74) is 0. The van der Waals surface area contributed by atoms with Crippen molar-refractivity contribution < 1.29 is 17.6 Å².